The van der Waals surface area contributed by atoms with Crippen molar-refractivity contribution >= 4 is 11.6 Å². The number of hydrogen-bond acceptors (Lipinski definition) is 4. The Hall–Kier alpha value is -2.42. The molecule has 6 heteroatoms. The fourth-order valence-electron chi connectivity index (χ4n) is 1.66. The molecule has 0 fully saturated rings. The van der Waals surface area contributed by atoms with Gasteiger partial charge in [-0.1, -0.05) is 0 Å². The fraction of sp³-hybridized carbons (Fsp3) is 0.385. The second-order valence-corrected chi connectivity index (χ2v) is 4.38. The molecule has 0 bridgehead atoms. The molecule has 0 radical (unpaired) electrons. The highest BCUT2D eigenvalue weighted by atomic mass is 16.6. The average Bonchev–Trinajstić information content (AvgIpc) is 2.37. The van der Waals surface area contributed by atoms with E-state index in [9.17, 15) is 14.9 Å². The summed E-state index contributed by atoms with van der Waals surface area (Å²) in [6, 6.07) is 5.94. The van der Waals surface area contributed by atoms with Gasteiger partial charge in [-0.25, -0.2) is 0 Å². The molecule has 0 heterocycles. The molecule has 0 aliphatic rings. The number of nitriles is 1. The lowest BCUT2D eigenvalue weighted by Crippen LogP contribution is -2.35. The van der Waals surface area contributed by atoms with E-state index >= 15 is 0 Å². The molecular formula is C13H15N3O3. The quantitative estimate of drug-likeness (QED) is 0.614. The van der Waals surface area contributed by atoms with Crippen molar-refractivity contribution in [1.82, 2.24) is 4.90 Å². The summed E-state index contributed by atoms with van der Waals surface area (Å²) in [5.41, 5.74) is 0.926. The number of carbonyl (C=O) groups is 1. The summed E-state index contributed by atoms with van der Waals surface area (Å²) in [6.07, 6.45) is 0.244. The molecule has 0 aliphatic heterocycles. The number of non-ortho nitro benzene ring substituents is 1. The Labute approximate surface area is 111 Å². The zero-order valence-corrected chi connectivity index (χ0v) is 11.1. The van der Waals surface area contributed by atoms with Crippen LogP contribution in [0.5, 0.6) is 0 Å². The molecule has 0 N–H and O–H groups in total. The Bertz CT molecular complexity index is 549. The molecule has 1 aromatic carbocycles. The van der Waals surface area contributed by atoms with Crippen molar-refractivity contribution in [3.8, 4) is 6.07 Å². The van der Waals surface area contributed by atoms with Gasteiger partial charge in [-0.2, -0.15) is 5.26 Å². The summed E-state index contributed by atoms with van der Waals surface area (Å²) in [6.45, 7) is 3.44. The van der Waals surface area contributed by atoms with E-state index in [-0.39, 0.29) is 24.1 Å². The minimum Gasteiger partial charge on any atom is -0.338 e. The fourth-order valence-corrected chi connectivity index (χ4v) is 1.66. The van der Waals surface area contributed by atoms with E-state index < -0.39 is 4.92 Å². The SMILES string of the molecule is Cc1cc([N+](=O)[O-])ccc1C(=O)N(C)C(C)CC#N. The first kappa shape index (κ1) is 14.6. The zero-order chi connectivity index (χ0) is 14.6. The number of nitrogens with zero attached hydrogens (tertiary/aromatic N) is 3. The van der Waals surface area contributed by atoms with E-state index in [1.807, 2.05) is 6.07 Å². The summed E-state index contributed by atoms with van der Waals surface area (Å²) in [5.74, 6) is -0.241. The van der Waals surface area contributed by atoms with Crippen molar-refractivity contribution in [3.63, 3.8) is 0 Å². The normalized spacial score (nSPS) is 11.5. The predicted octanol–water partition coefficient (Wildman–Crippen LogP) is 2.28. The third kappa shape index (κ3) is 3.28. The molecule has 0 saturated carbocycles. The van der Waals surface area contributed by atoms with Crippen molar-refractivity contribution in [2.24, 2.45) is 0 Å². The maximum Gasteiger partial charge on any atom is 0.269 e. The Kier molecular flexibility index (Phi) is 4.59. The number of rotatable bonds is 4. The van der Waals surface area contributed by atoms with Crippen LogP contribution in [0.1, 0.15) is 29.3 Å². The lowest BCUT2D eigenvalue weighted by molar-refractivity contribution is -0.384. The summed E-state index contributed by atoms with van der Waals surface area (Å²) in [4.78, 5) is 23.8. The number of benzene rings is 1. The largest absolute Gasteiger partial charge is 0.338 e. The van der Waals surface area contributed by atoms with Gasteiger partial charge >= 0.3 is 0 Å². The van der Waals surface area contributed by atoms with Crippen LogP contribution in [0.2, 0.25) is 0 Å². The molecule has 1 atom stereocenters. The van der Waals surface area contributed by atoms with Gasteiger partial charge in [0, 0.05) is 30.8 Å². The number of hydrogen-bond donors (Lipinski definition) is 0. The number of nitro groups is 1. The van der Waals surface area contributed by atoms with Crippen LogP contribution < -0.4 is 0 Å². The molecule has 1 unspecified atom stereocenters. The maximum absolute atomic E-state index is 12.2. The topological polar surface area (TPSA) is 87.2 Å². The number of amides is 1. The molecule has 19 heavy (non-hydrogen) atoms. The van der Waals surface area contributed by atoms with Gasteiger partial charge in [-0.15, -0.1) is 0 Å². The van der Waals surface area contributed by atoms with Crippen LogP contribution in [0.3, 0.4) is 0 Å². The highest BCUT2D eigenvalue weighted by Gasteiger charge is 2.20. The smallest absolute Gasteiger partial charge is 0.269 e. The molecule has 0 spiro atoms. The summed E-state index contributed by atoms with van der Waals surface area (Å²) >= 11 is 0. The molecular weight excluding hydrogens is 246 g/mol. The van der Waals surface area contributed by atoms with E-state index in [0.29, 0.717) is 11.1 Å². The first-order valence-electron chi connectivity index (χ1n) is 5.77. The molecule has 100 valence electrons. The van der Waals surface area contributed by atoms with E-state index in [0.717, 1.165) is 0 Å². The third-order valence-electron chi connectivity index (χ3n) is 3.02. The van der Waals surface area contributed by atoms with Crippen molar-refractivity contribution in [3.05, 3.63) is 39.4 Å². The zero-order valence-electron chi connectivity index (χ0n) is 11.1. The van der Waals surface area contributed by atoms with Crippen LogP contribution in [0, 0.1) is 28.4 Å². The van der Waals surface area contributed by atoms with Crippen LogP contribution >= 0.6 is 0 Å². The van der Waals surface area contributed by atoms with E-state index in [1.165, 1.54) is 23.1 Å². The summed E-state index contributed by atoms with van der Waals surface area (Å²) in [7, 11) is 1.62. The highest BCUT2D eigenvalue weighted by Crippen LogP contribution is 2.19. The number of nitro benzene ring substituents is 1. The summed E-state index contributed by atoms with van der Waals surface area (Å²) in [5, 5.41) is 19.3. The Morgan fingerprint density at radius 2 is 2.21 bits per heavy atom. The highest BCUT2D eigenvalue weighted by molar-refractivity contribution is 5.96. The molecule has 1 amide bonds. The number of carbonyl (C=O) groups excluding carboxylic acids is 1. The van der Waals surface area contributed by atoms with E-state index in [2.05, 4.69) is 0 Å². The second-order valence-electron chi connectivity index (χ2n) is 4.38. The number of aryl methyl sites for hydroxylation is 1. The van der Waals surface area contributed by atoms with Gasteiger partial charge in [-0.3, -0.25) is 14.9 Å². The molecule has 0 aromatic heterocycles. The molecule has 1 aromatic rings. The monoisotopic (exact) mass is 261 g/mol. The minimum absolute atomic E-state index is 0.0400. The van der Waals surface area contributed by atoms with Gasteiger partial charge in [0.15, 0.2) is 0 Å². The molecule has 0 saturated heterocycles. The lowest BCUT2D eigenvalue weighted by Gasteiger charge is -2.23. The van der Waals surface area contributed by atoms with Crippen molar-refractivity contribution in [2.75, 3.05) is 7.05 Å². The third-order valence-corrected chi connectivity index (χ3v) is 3.02. The lowest BCUT2D eigenvalue weighted by atomic mass is 10.1. The van der Waals surface area contributed by atoms with E-state index in [1.54, 1.807) is 20.9 Å². The van der Waals surface area contributed by atoms with Gasteiger partial charge in [0.25, 0.3) is 11.6 Å². The van der Waals surface area contributed by atoms with Gasteiger partial charge in [0.05, 0.1) is 17.4 Å². The standard InChI is InChI=1S/C13H15N3O3/c1-9-8-11(16(18)19)4-5-12(9)13(17)15(3)10(2)6-7-14/h4-5,8,10H,6H2,1-3H3. The van der Waals surface area contributed by atoms with Gasteiger partial charge in [0.1, 0.15) is 0 Å². The molecule has 0 aliphatic carbocycles. The van der Waals surface area contributed by atoms with Crippen LogP contribution in [-0.4, -0.2) is 28.8 Å². The predicted molar refractivity (Wildman–Crippen MR) is 69.6 cm³/mol. The van der Waals surface area contributed by atoms with Gasteiger partial charge in [0.2, 0.25) is 0 Å². The Morgan fingerprint density at radius 1 is 1.58 bits per heavy atom. The second kappa shape index (κ2) is 5.96. The Morgan fingerprint density at radius 3 is 2.68 bits per heavy atom. The minimum atomic E-state index is -0.497. The molecule has 6 nitrogen and oxygen atoms in total. The first-order chi connectivity index (χ1) is 8.88. The van der Waals surface area contributed by atoms with Crippen LogP contribution in [-0.2, 0) is 0 Å². The van der Waals surface area contributed by atoms with E-state index in [4.69, 9.17) is 5.26 Å². The van der Waals surface area contributed by atoms with Crippen molar-refractivity contribution < 1.29 is 9.72 Å². The van der Waals surface area contributed by atoms with Crippen LogP contribution in [0.25, 0.3) is 0 Å². The van der Waals surface area contributed by atoms with Crippen LogP contribution in [0.15, 0.2) is 18.2 Å². The first-order valence-corrected chi connectivity index (χ1v) is 5.77. The van der Waals surface area contributed by atoms with Gasteiger partial charge < -0.3 is 4.90 Å². The van der Waals surface area contributed by atoms with Crippen molar-refractivity contribution in [2.45, 2.75) is 26.3 Å². The van der Waals surface area contributed by atoms with Crippen LogP contribution in [0.4, 0.5) is 5.69 Å². The molecule has 1 rings (SSSR count). The summed E-state index contributed by atoms with van der Waals surface area (Å²) < 4.78 is 0. The average molecular weight is 261 g/mol. The Balaban J connectivity index is 3.01. The van der Waals surface area contributed by atoms with Gasteiger partial charge in [-0.05, 0) is 25.5 Å². The maximum atomic E-state index is 12.2. The van der Waals surface area contributed by atoms with Crippen molar-refractivity contribution in [1.29, 1.82) is 5.26 Å².